The number of amides is 1. The van der Waals surface area contributed by atoms with E-state index in [1.807, 2.05) is 48.5 Å². The molecule has 1 amide bonds. The van der Waals surface area contributed by atoms with Crippen molar-refractivity contribution in [2.45, 2.75) is 26.7 Å². The largest absolute Gasteiger partial charge is 0.490 e. The van der Waals surface area contributed by atoms with Crippen LogP contribution in [0.1, 0.15) is 23.1 Å². The molecular formula is C21H24N2O3. The van der Waals surface area contributed by atoms with Crippen molar-refractivity contribution in [1.29, 1.82) is 5.26 Å². The number of hydrogen-bond acceptors (Lipinski definition) is 4. The number of aryl methyl sites for hydroxylation is 2. The summed E-state index contributed by atoms with van der Waals surface area (Å²) in [6.07, 6.45) is 0.527. The molecule has 5 heteroatoms. The average molecular weight is 352 g/mol. The van der Waals surface area contributed by atoms with Gasteiger partial charge >= 0.3 is 0 Å². The molecule has 0 bridgehead atoms. The molecule has 0 aliphatic rings. The summed E-state index contributed by atoms with van der Waals surface area (Å²) in [5, 5.41) is 11.2. The van der Waals surface area contributed by atoms with Crippen LogP contribution in [-0.2, 0) is 11.2 Å². The number of para-hydroxylation sites is 1. The number of hydrogen-bond donors (Lipinski definition) is 1. The molecule has 0 saturated heterocycles. The number of benzene rings is 2. The predicted octanol–water partition coefficient (Wildman–Crippen LogP) is 3.33. The molecule has 1 N–H and O–H groups in total. The minimum absolute atomic E-state index is 0.117. The minimum atomic E-state index is -0.257. The first-order valence-corrected chi connectivity index (χ1v) is 8.64. The molecule has 0 fully saturated rings. The zero-order valence-corrected chi connectivity index (χ0v) is 15.2. The molecule has 0 atom stereocenters. The summed E-state index contributed by atoms with van der Waals surface area (Å²) in [7, 11) is 0. The second kappa shape index (κ2) is 10.1. The van der Waals surface area contributed by atoms with Gasteiger partial charge in [-0.3, -0.25) is 4.79 Å². The van der Waals surface area contributed by atoms with E-state index in [1.165, 1.54) is 11.1 Å². The molecule has 2 aromatic carbocycles. The topological polar surface area (TPSA) is 71.3 Å². The third kappa shape index (κ3) is 6.14. The van der Waals surface area contributed by atoms with Crippen LogP contribution < -0.4 is 14.8 Å². The van der Waals surface area contributed by atoms with Crippen LogP contribution in [0.2, 0.25) is 0 Å². The Bertz CT molecular complexity index is 781. The summed E-state index contributed by atoms with van der Waals surface area (Å²) in [4.78, 5) is 11.3. The molecule has 0 unspecified atom stereocenters. The van der Waals surface area contributed by atoms with Gasteiger partial charge in [0.15, 0.2) is 0 Å². The molecule has 5 nitrogen and oxygen atoms in total. The highest BCUT2D eigenvalue weighted by Gasteiger charge is 2.05. The lowest BCUT2D eigenvalue weighted by Crippen LogP contribution is -2.25. The summed E-state index contributed by atoms with van der Waals surface area (Å²) >= 11 is 0. The Morgan fingerprint density at radius 2 is 1.85 bits per heavy atom. The Morgan fingerprint density at radius 1 is 1.08 bits per heavy atom. The van der Waals surface area contributed by atoms with E-state index in [0.717, 1.165) is 17.1 Å². The molecule has 136 valence electrons. The van der Waals surface area contributed by atoms with Crippen molar-refractivity contribution in [3.05, 3.63) is 59.2 Å². The van der Waals surface area contributed by atoms with Crippen molar-refractivity contribution < 1.29 is 14.3 Å². The van der Waals surface area contributed by atoms with Crippen LogP contribution in [0, 0.1) is 25.2 Å². The van der Waals surface area contributed by atoms with E-state index in [9.17, 15) is 4.79 Å². The number of nitrogens with zero attached hydrogens (tertiary/aromatic N) is 1. The van der Waals surface area contributed by atoms with Crippen LogP contribution in [0.5, 0.6) is 11.5 Å². The van der Waals surface area contributed by atoms with Crippen LogP contribution >= 0.6 is 0 Å². The van der Waals surface area contributed by atoms with E-state index in [-0.39, 0.29) is 12.3 Å². The molecule has 2 aromatic rings. The Morgan fingerprint density at radius 3 is 2.62 bits per heavy atom. The Hall–Kier alpha value is -3.00. The first kappa shape index (κ1) is 19.3. The van der Waals surface area contributed by atoms with Gasteiger partial charge in [-0.1, -0.05) is 24.3 Å². The van der Waals surface area contributed by atoms with Crippen LogP contribution in [0.3, 0.4) is 0 Å². The van der Waals surface area contributed by atoms with Gasteiger partial charge in [-0.25, -0.2) is 0 Å². The summed E-state index contributed by atoms with van der Waals surface area (Å²) in [6, 6.07) is 15.6. The second-order valence-corrected chi connectivity index (χ2v) is 5.99. The highest BCUT2D eigenvalue weighted by atomic mass is 16.5. The maximum absolute atomic E-state index is 11.3. The Balaban J connectivity index is 1.79. The second-order valence-electron chi connectivity index (χ2n) is 5.99. The zero-order chi connectivity index (χ0) is 18.8. The third-order valence-corrected chi connectivity index (χ3v) is 4.02. The van der Waals surface area contributed by atoms with Gasteiger partial charge in [-0.2, -0.15) is 5.26 Å². The van der Waals surface area contributed by atoms with E-state index < -0.39 is 0 Å². The first-order valence-electron chi connectivity index (χ1n) is 8.64. The minimum Gasteiger partial charge on any atom is -0.490 e. The number of ether oxygens (including phenoxy) is 2. The van der Waals surface area contributed by atoms with Gasteiger partial charge in [0.25, 0.3) is 0 Å². The molecule has 0 heterocycles. The summed E-state index contributed by atoms with van der Waals surface area (Å²) in [5.41, 5.74) is 3.45. The van der Waals surface area contributed by atoms with Crippen LogP contribution in [0.15, 0.2) is 42.5 Å². The van der Waals surface area contributed by atoms with Crippen LogP contribution in [0.25, 0.3) is 0 Å². The number of nitrogens with one attached hydrogen (secondary N) is 1. The van der Waals surface area contributed by atoms with Crippen molar-refractivity contribution in [2.75, 3.05) is 19.8 Å². The van der Waals surface area contributed by atoms with E-state index in [0.29, 0.717) is 26.2 Å². The van der Waals surface area contributed by atoms with Gasteiger partial charge in [-0.05, 0) is 55.2 Å². The number of nitriles is 1. The molecule has 0 saturated carbocycles. The van der Waals surface area contributed by atoms with E-state index in [4.69, 9.17) is 14.7 Å². The van der Waals surface area contributed by atoms with Gasteiger partial charge in [0.05, 0.1) is 6.07 Å². The first-order chi connectivity index (χ1) is 12.6. The molecule has 2 rings (SSSR count). The smallest absolute Gasteiger partial charge is 0.234 e. The molecular weight excluding hydrogens is 328 g/mol. The summed E-state index contributed by atoms with van der Waals surface area (Å²) < 4.78 is 11.6. The standard InChI is InChI=1S/C21H24N2O3/c1-16-7-8-19(15-17(16)2)25-13-14-26-20-6-4-3-5-18(20)10-12-23-21(24)9-11-22/h3-8,15H,9-10,12-14H2,1-2H3,(H,23,24). The van der Waals surface area contributed by atoms with Gasteiger partial charge < -0.3 is 14.8 Å². The molecule has 26 heavy (non-hydrogen) atoms. The van der Waals surface area contributed by atoms with Crippen molar-refractivity contribution >= 4 is 5.91 Å². The van der Waals surface area contributed by atoms with Crippen molar-refractivity contribution in [3.8, 4) is 17.6 Å². The van der Waals surface area contributed by atoms with Gasteiger partial charge in [0.2, 0.25) is 5.91 Å². The van der Waals surface area contributed by atoms with E-state index >= 15 is 0 Å². The fourth-order valence-corrected chi connectivity index (χ4v) is 2.44. The lowest BCUT2D eigenvalue weighted by molar-refractivity contribution is -0.120. The molecule has 0 spiro atoms. The molecule has 0 aliphatic heterocycles. The van der Waals surface area contributed by atoms with Gasteiger partial charge in [0, 0.05) is 6.54 Å². The molecule has 0 radical (unpaired) electrons. The number of carbonyl (C=O) groups is 1. The fraction of sp³-hybridized carbons (Fsp3) is 0.333. The Labute approximate surface area is 154 Å². The van der Waals surface area contributed by atoms with Crippen LogP contribution in [-0.4, -0.2) is 25.7 Å². The van der Waals surface area contributed by atoms with Gasteiger partial charge in [0.1, 0.15) is 31.1 Å². The van der Waals surface area contributed by atoms with E-state index in [1.54, 1.807) is 0 Å². The SMILES string of the molecule is Cc1ccc(OCCOc2ccccc2CCNC(=O)CC#N)cc1C. The Kier molecular flexibility index (Phi) is 7.50. The lowest BCUT2D eigenvalue weighted by atomic mass is 10.1. The number of rotatable bonds is 9. The molecule has 0 aromatic heterocycles. The average Bonchev–Trinajstić information content (AvgIpc) is 2.63. The zero-order valence-electron chi connectivity index (χ0n) is 15.2. The number of carbonyl (C=O) groups excluding carboxylic acids is 1. The quantitative estimate of drug-likeness (QED) is 0.703. The third-order valence-electron chi connectivity index (χ3n) is 4.02. The fourth-order valence-electron chi connectivity index (χ4n) is 2.44. The maximum atomic E-state index is 11.3. The van der Waals surface area contributed by atoms with Gasteiger partial charge in [-0.15, -0.1) is 0 Å². The normalized spacial score (nSPS) is 10.0. The van der Waals surface area contributed by atoms with Crippen molar-refractivity contribution in [1.82, 2.24) is 5.32 Å². The monoisotopic (exact) mass is 352 g/mol. The van der Waals surface area contributed by atoms with Crippen LogP contribution in [0.4, 0.5) is 0 Å². The van der Waals surface area contributed by atoms with E-state index in [2.05, 4.69) is 19.2 Å². The maximum Gasteiger partial charge on any atom is 0.234 e. The highest BCUT2D eigenvalue weighted by Crippen LogP contribution is 2.19. The predicted molar refractivity (Wildman–Crippen MR) is 100 cm³/mol. The summed E-state index contributed by atoms with van der Waals surface area (Å²) in [6.45, 7) is 5.49. The summed E-state index contributed by atoms with van der Waals surface area (Å²) in [5.74, 6) is 1.36. The lowest BCUT2D eigenvalue weighted by Gasteiger charge is -2.13. The van der Waals surface area contributed by atoms with Crippen molar-refractivity contribution in [2.24, 2.45) is 0 Å². The van der Waals surface area contributed by atoms with Crippen molar-refractivity contribution in [3.63, 3.8) is 0 Å². The molecule has 0 aliphatic carbocycles. The highest BCUT2D eigenvalue weighted by molar-refractivity contribution is 5.77.